The number of rotatable bonds is 39. The van der Waals surface area contributed by atoms with Crippen LogP contribution in [-0.4, -0.2) is 46.9 Å². The van der Waals surface area contributed by atoms with Crippen molar-refractivity contribution in [3.05, 3.63) is 12.2 Å². The summed E-state index contributed by atoms with van der Waals surface area (Å²) < 4.78 is 5.88. The maximum atomic E-state index is 13.1. The fourth-order valence-electron chi connectivity index (χ4n) is 6.73. The number of aliphatic hydroxyl groups is 2. The maximum absolute atomic E-state index is 13.1. The SMILES string of the molecule is CCC/C=C\CCCCCCCC(=O)OC(CCCCCCCCCCCCCC)CC(=O)NC(CO)C(O)CCCCCCCCCCC. The van der Waals surface area contributed by atoms with Crippen molar-refractivity contribution in [1.82, 2.24) is 5.32 Å². The lowest BCUT2D eigenvalue weighted by molar-refractivity contribution is -0.151. The maximum Gasteiger partial charge on any atom is 0.306 e. The Kier molecular flexibility index (Phi) is 37.7. The first-order valence-electron chi connectivity index (χ1n) is 21.9. The van der Waals surface area contributed by atoms with Gasteiger partial charge >= 0.3 is 5.97 Å². The summed E-state index contributed by atoms with van der Waals surface area (Å²) in [6.45, 7) is 6.39. The molecule has 50 heavy (non-hydrogen) atoms. The molecule has 296 valence electrons. The number of hydrogen-bond donors (Lipinski definition) is 3. The van der Waals surface area contributed by atoms with Crippen LogP contribution in [0.25, 0.3) is 0 Å². The van der Waals surface area contributed by atoms with Crippen molar-refractivity contribution >= 4 is 11.9 Å². The molecule has 0 saturated heterocycles. The van der Waals surface area contributed by atoms with Gasteiger partial charge in [-0.05, 0) is 44.9 Å². The van der Waals surface area contributed by atoms with Gasteiger partial charge in [0.1, 0.15) is 6.10 Å². The van der Waals surface area contributed by atoms with Gasteiger partial charge in [-0.3, -0.25) is 9.59 Å². The van der Waals surface area contributed by atoms with E-state index in [4.69, 9.17) is 4.74 Å². The zero-order chi connectivity index (χ0) is 36.8. The second-order valence-corrected chi connectivity index (χ2v) is 15.1. The summed E-state index contributed by atoms with van der Waals surface area (Å²) in [6, 6.07) is -0.693. The van der Waals surface area contributed by atoms with Crippen LogP contribution in [0.2, 0.25) is 0 Å². The number of carbonyl (C=O) groups excluding carboxylic acids is 2. The van der Waals surface area contributed by atoms with Crippen LogP contribution in [0.15, 0.2) is 12.2 Å². The molecule has 0 spiro atoms. The van der Waals surface area contributed by atoms with Crippen LogP contribution in [0.1, 0.15) is 233 Å². The standard InChI is InChI=1S/C44H85NO5/c1-4-7-10-13-16-19-21-22-24-26-29-32-35-40(50-44(49)37-34-31-28-25-20-17-14-11-8-5-2)38-43(48)45-41(39-46)42(47)36-33-30-27-23-18-15-12-9-6-3/h11,14,40-42,46-47H,4-10,12-13,15-39H2,1-3H3,(H,45,48)/b14-11-. The predicted octanol–water partition coefficient (Wildman–Crippen LogP) is 12.2. The second-order valence-electron chi connectivity index (χ2n) is 15.1. The van der Waals surface area contributed by atoms with Crippen LogP contribution in [-0.2, 0) is 14.3 Å². The summed E-state index contributed by atoms with van der Waals surface area (Å²) in [4.78, 5) is 25.9. The molecule has 0 aromatic heterocycles. The fourth-order valence-corrected chi connectivity index (χ4v) is 6.73. The summed E-state index contributed by atoms with van der Waals surface area (Å²) in [5.74, 6) is -0.478. The van der Waals surface area contributed by atoms with Crippen LogP contribution >= 0.6 is 0 Å². The van der Waals surface area contributed by atoms with Crippen molar-refractivity contribution in [2.45, 2.75) is 251 Å². The van der Waals surface area contributed by atoms with Crippen LogP contribution < -0.4 is 5.32 Å². The Balaban J connectivity index is 4.59. The molecule has 6 heteroatoms. The van der Waals surface area contributed by atoms with Gasteiger partial charge in [0, 0.05) is 6.42 Å². The third kappa shape index (κ3) is 33.7. The van der Waals surface area contributed by atoms with Crippen molar-refractivity contribution < 1.29 is 24.5 Å². The average molecular weight is 708 g/mol. The number of hydrogen-bond acceptors (Lipinski definition) is 5. The molecule has 0 aliphatic heterocycles. The molecule has 3 unspecified atom stereocenters. The first-order chi connectivity index (χ1) is 24.5. The van der Waals surface area contributed by atoms with Crippen molar-refractivity contribution in [2.24, 2.45) is 0 Å². The van der Waals surface area contributed by atoms with E-state index >= 15 is 0 Å². The van der Waals surface area contributed by atoms with Gasteiger partial charge in [-0.25, -0.2) is 0 Å². The molecular weight excluding hydrogens is 622 g/mol. The van der Waals surface area contributed by atoms with E-state index in [-0.39, 0.29) is 24.9 Å². The Morgan fingerprint density at radius 1 is 0.560 bits per heavy atom. The van der Waals surface area contributed by atoms with Crippen LogP contribution in [0.4, 0.5) is 0 Å². The van der Waals surface area contributed by atoms with E-state index in [1.807, 2.05) is 0 Å². The topological polar surface area (TPSA) is 95.9 Å². The van der Waals surface area contributed by atoms with E-state index in [9.17, 15) is 19.8 Å². The molecule has 0 heterocycles. The number of esters is 1. The van der Waals surface area contributed by atoms with E-state index in [0.717, 1.165) is 64.2 Å². The molecule has 0 fully saturated rings. The number of allylic oxidation sites excluding steroid dienone is 2. The smallest absolute Gasteiger partial charge is 0.306 e. The summed E-state index contributed by atoms with van der Waals surface area (Å²) in [6.07, 6.45) is 39.9. The van der Waals surface area contributed by atoms with Crippen molar-refractivity contribution in [3.8, 4) is 0 Å². The summed E-state index contributed by atoms with van der Waals surface area (Å²) >= 11 is 0. The number of amides is 1. The number of unbranched alkanes of at least 4 members (excludes halogenated alkanes) is 25. The molecule has 1 amide bonds. The molecule has 0 aliphatic rings. The highest BCUT2D eigenvalue weighted by Gasteiger charge is 2.24. The molecule has 0 saturated carbocycles. The zero-order valence-corrected chi connectivity index (χ0v) is 33.5. The molecule has 6 nitrogen and oxygen atoms in total. The number of aliphatic hydroxyl groups excluding tert-OH is 2. The Hall–Kier alpha value is -1.40. The van der Waals surface area contributed by atoms with E-state index in [1.54, 1.807) is 0 Å². The minimum atomic E-state index is -0.779. The molecule has 0 aromatic carbocycles. The Morgan fingerprint density at radius 3 is 1.50 bits per heavy atom. The van der Waals surface area contributed by atoms with E-state index in [0.29, 0.717) is 19.3 Å². The van der Waals surface area contributed by atoms with Crippen molar-refractivity contribution in [3.63, 3.8) is 0 Å². The van der Waals surface area contributed by atoms with Crippen LogP contribution in [0, 0.1) is 0 Å². The molecule has 3 N–H and O–H groups in total. The lowest BCUT2D eigenvalue weighted by atomic mass is 10.0. The van der Waals surface area contributed by atoms with Gasteiger partial charge in [-0.2, -0.15) is 0 Å². The van der Waals surface area contributed by atoms with Gasteiger partial charge in [0.25, 0.3) is 0 Å². The third-order valence-corrected chi connectivity index (χ3v) is 10.1. The highest BCUT2D eigenvalue weighted by Crippen LogP contribution is 2.18. The molecule has 0 rings (SSSR count). The molecule has 3 atom stereocenters. The average Bonchev–Trinajstić information content (AvgIpc) is 3.10. The molecule has 0 radical (unpaired) electrons. The number of carbonyl (C=O) groups is 2. The monoisotopic (exact) mass is 708 g/mol. The zero-order valence-electron chi connectivity index (χ0n) is 33.5. The Bertz CT molecular complexity index is 757. The lowest BCUT2D eigenvalue weighted by Gasteiger charge is -2.24. The van der Waals surface area contributed by atoms with Gasteiger partial charge in [-0.15, -0.1) is 0 Å². The predicted molar refractivity (Wildman–Crippen MR) is 213 cm³/mol. The van der Waals surface area contributed by atoms with Gasteiger partial charge in [0.15, 0.2) is 0 Å². The van der Waals surface area contributed by atoms with Gasteiger partial charge in [-0.1, -0.05) is 187 Å². The third-order valence-electron chi connectivity index (χ3n) is 10.1. The van der Waals surface area contributed by atoms with E-state index in [1.165, 1.54) is 122 Å². The van der Waals surface area contributed by atoms with Crippen molar-refractivity contribution in [2.75, 3.05) is 6.61 Å². The molecule has 0 aromatic rings. The lowest BCUT2D eigenvalue weighted by Crippen LogP contribution is -2.46. The Morgan fingerprint density at radius 2 is 1.00 bits per heavy atom. The van der Waals surface area contributed by atoms with E-state index in [2.05, 4.69) is 38.2 Å². The Labute approximate surface area is 310 Å². The van der Waals surface area contributed by atoms with Crippen molar-refractivity contribution in [1.29, 1.82) is 0 Å². The van der Waals surface area contributed by atoms with Gasteiger partial charge < -0.3 is 20.3 Å². The fraction of sp³-hybridized carbons (Fsp3) is 0.909. The number of nitrogens with one attached hydrogen (secondary N) is 1. The molecular formula is C44H85NO5. The highest BCUT2D eigenvalue weighted by molar-refractivity contribution is 5.77. The first-order valence-corrected chi connectivity index (χ1v) is 21.9. The quantitative estimate of drug-likeness (QED) is 0.0336. The van der Waals surface area contributed by atoms with Gasteiger partial charge in [0.2, 0.25) is 5.91 Å². The van der Waals surface area contributed by atoms with Crippen LogP contribution in [0.5, 0.6) is 0 Å². The second kappa shape index (κ2) is 38.8. The molecule has 0 aliphatic carbocycles. The summed E-state index contributed by atoms with van der Waals surface area (Å²) in [5.41, 5.74) is 0. The molecule has 0 bridgehead atoms. The summed E-state index contributed by atoms with van der Waals surface area (Å²) in [5, 5.41) is 23.5. The largest absolute Gasteiger partial charge is 0.462 e. The first kappa shape index (κ1) is 48.6. The summed E-state index contributed by atoms with van der Waals surface area (Å²) in [7, 11) is 0. The highest BCUT2D eigenvalue weighted by atomic mass is 16.5. The van der Waals surface area contributed by atoms with E-state index < -0.39 is 18.2 Å². The van der Waals surface area contributed by atoms with Gasteiger partial charge in [0.05, 0.1) is 25.2 Å². The minimum absolute atomic E-state index is 0.0799. The number of ether oxygens (including phenoxy) is 1. The van der Waals surface area contributed by atoms with Crippen LogP contribution in [0.3, 0.4) is 0 Å². The minimum Gasteiger partial charge on any atom is -0.462 e. The normalized spacial score (nSPS) is 13.5.